The van der Waals surface area contributed by atoms with Gasteiger partial charge in [-0.15, -0.1) is 0 Å². The molecule has 30 heavy (non-hydrogen) atoms. The van der Waals surface area contributed by atoms with Crippen LogP contribution in [0.2, 0.25) is 0 Å². The molecule has 0 spiro atoms. The highest BCUT2D eigenvalue weighted by atomic mass is 16.4. The van der Waals surface area contributed by atoms with Crippen molar-refractivity contribution >= 4 is 29.8 Å². The van der Waals surface area contributed by atoms with Crippen LogP contribution in [0.4, 0.5) is 0 Å². The number of carboxylic acids is 1. The second-order valence-electron chi connectivity index (χ2n) is 7.85. The van der Waals surface area contributed by atoms with Gasteiger partial charge in [0, 0.05) is 18.5 Å². The van der Waals surface area contributed by atoms with E-state index in [2.05, 4.69) is 16.0 Å². The zero-order valence-corrected chi connectivity index (χ0v) is 17.3. The van der Waals surface area contributed by atoms with Gasteiger partial charge in [-0.2, -0.15) is 0 Å². The normalized spacial score (nSPS) is 18.1. The van der Waals surface area contributed by atoms with Crippen LogP contribution in [0.3, 0.4) is 0 Å². The third-order valence-electron chi connectivity index (χ3n) is 4.86. The van der Waals surface area contributed by atoms with Crippen molar-refractivity contribution in [2.24, 2.45) is 11.8 Å². The lowest BCUT2D eigenvalue weighted by atomic mass is 9.97. The van der Waals surface area contributed by atoms with Gasteiger partial charge in [-0.05, 0) is 36.8 Å². The van der Waals surface area contributed by atoms with Gasteiger partial charge in [0.1, 0.15) is 12.1 Å². The lowest BCUT2D eigenvalue weighted by molar-refractivity contribution is -0.143. The number of rotatable bonds is 10. The van der Waals surface area contributed by atoms with E-state index in [0.29, 0.717) is 19.4 Å². The third-order valence-corrected chi connectivity index (χ3v) is 4.86. The largest absolute Gasteiger partial charge is 0.480 e. The SMILES string of the molecule is CC(C)C[C@H](NC(=O)/C=C/c1ccccc1)C(=O)N[C@@H](C[C@@H]1CCNC1=O)C(=O)O. The Balaban J connectivity index is 2.01. The Morgan fingerprint density at radius 1 is 1.17 bits per heavy atom. The molecular formula is C22H29N3O5. The Hall–Kier alpha value is -3.16. The highest BCUT2D eigenvalue weighted by molar-refractivity contribution is 5.96. The first-order valence-electron chi connectivity index (χ1n) is 10.1. The highest BCUT2D eigenvalue weighted by Crippen LogP contribution is 2.17. The smallest absolute Gasteiger partial charge is 0.326 e. The first kappa shape index (κ1) is 23.1. The van der Waals surface area contributed by atoms with Crippen molar-refractivity contribution < 1.29 is 24.3 Å². The van der Waals surface area contributed by atoms with Crippen LogP contribution < -0.4 is 16.0 Å². The van der Waals surface area contributed by atoms with Gasteiger partial charge in [0.15, 0.2) is 0 Å². The van der Waals surface area contributed by atoms with Gasteiger partial charge in [-0.3, -0.25) is 14.4 Å². The molecule has 0 saturated carbocycles. The summed E-state index contributed by atoms with van der Waals surface area (Å²) in [6.07, 6.45) is 3.89. The van der Waals surface area contributed by atoms with Crippen molar-refractivity contribution in [1.29, 1.82) is 0 Å². The fraction of sp³-hybridized carbons (Fsp3) is 0.455. The van der Waals surface area contributed by atoms with Gasteiger partial charge in [-0.1, -0.05) is 44.2 Å². The van der Waals surface area contributed by atoms with Gasteiger partial charge >= 0.3 is 5.97 Å². The van der Waals surface area contributed by atoms with Crippen LogP contribution in [0.5, 0.6) is 0 Å². The average Bonchev–Trinajstić information content (AvgIpc) is 3.10. The van der Waals surface area contributed by atoms with E-state index >= 15 is 0 Å². The number of hydrogen-bond acceptors (Lipinski definition) is 4. The summed E-state index contributed by atoms with van der Waals surface area (Å²) in [5.74, 6) is -2.77. The Labute approximate surface area is 176 Å². The number of carboxylic acid groups (broad SMARTS) is 1. The molecule has 3 atom stereocenters. The summed E-state index contributed by atoms with van der Waals surface area (Å²) in [7, 11) is 0. The molecule has 1 aliphatic rings. The van der Waals surface area contributed by atoms with E-state index in [9.17, 15) is 24.3 Å². The van der Waals surface area contributed by atoms with E-state index in [4.69, 9.17) is 0 Å². The topological polar surface area (TPSA) is 125 Å². The number of amides is 3. The zero-order chi connectivity index (χ0) is 22.1. The molecule has 1 saturated heterocycles. The van der Waals surface area contributed by atoms with Crippen LogP contribution in [-0.2, 0) is 19.2 Å². The zero-order valence-electron chi connectivity index (χ0n) is 17.3. The first-order chi connectivity index (χ1) is 14.3. The summed E-state index contributed by atoms with van der Waals surface area (Å²) >= 11 is 0. The molecule has 1 aliphatic heterocycles. The van der Waals surface area contributed by atoms with Crippen molar-refractivity contribution in [2.75, 3.05) is 6.54 Å². The molecule has 0 bridgehead atoms. The maximum absolute atomic E-state index is 12.7. The fourth-order valence-electron chi connectivity index (χ4n) is 3.31. The van der Waals surface area contributed by atoms with Crippen molar-refractivity contribution in [3.05, 3.63) is 42.0 Å². The third kappa shape index (κ3) is 7.35. The van der Waals surface area contributed by atoms with Crippen molar-refractivity contribution in [3.63, 3.8) is 0 Å². The van der Waals surface area contributed by atoms with E-state index in [-0.39, 0.29) is 18.2 Å². The maximum atomic E-state index is 12.7. The van der Waals surface area contributed by atoms with Crippen LogP contribution in [-0.4, -0.2) is 47.4 Å². The standard InChI is InChI=1S/C22H29N3O5/c1-14(2)12-17(24-19(26)9-8-15-6-4-3-5-7-15)21(28)25-18(22(29)30)13-16-10-11-23-20(16)27/h3-9,14,16-18H,10-13H2,1-2H3,(H,23,27)(H,24,26)(H,25,28)(H,29,30)/b9-8+/t16-,17-,18-/m0/s1. The predicted octanol–water partition coefficient (Wildman–Crippen LogP) is 1.33. The second-order valence-corrected chi connectivity index (χ2v) is 7.85. The summed E-state index contributed by atoms with van der Waals surface area (Å²) in [4.78, 5) is 48.4. The molecule has 162 valence electrons. The van der Waals surface area contributed by atoms with Gasteiger partial charge in [0.2, 0.25) is 17.7 Å². The van der Waals surface area contributed by atoms with Crippen LogP contribution in [0.1, 0.15) is 38.7 Å². The van der Waals surface area contributed by atoms with E-state index in [1.54, 1.807) is 6.08 Å². The van der Waals surface area contributed by atoms with E-state index in [1.807, 2.05) is 44.2 Å². The molecule has 8 heteroatoms. The van der Waals surface area contributed by atoms with Crippen molar-refractivity contribution in [2.45, 2.75) is 45.2 Å². The predicted molar refractivity (Wildman–Crippen MR) is 112 cm³/mol. The van der Waals surface area contributed by atoms with Crippen LogP contribution in [0.15, 0.2) is 36.4 Å². The maximum Gasteiger partial charge on any atom is 0.326 e. The summed E-state index contributed by atoms with van der Waals surface area (Å²) in [6.45, 7) is 4.32. The Morgan fingerprint density at radius 2 is 1.87 bits per heavy atom. The lowest BCUT2D eigenvalue weighted by Crippen LogP contribution is -2.52. The minimum absolute atomic E-state index is 0.0170. The minimum atomic E-state index is -1.21. The van der Waals surface area contributed by atoms with Gasteiger partial charge in [-0.25, -0.2) is 4.79 Å². The van der Waals surface area contributed by atoms with E-state index in [0.717, 1.165) is 5.56 Å². The molecule has 1 fully saturated rings. The molecule has 3 amide bonds. The second kappa shape index (κ2) is 11.1. The molecule has 0 unspecified atom stereocenters. The lowest BCUT2D eigenvalue weighted by Gasteiger charge is -2.23. The number of carbonyl (C=O) groups is 4. The summed E-state index contributed by atoms with van der Waals surface area (Å²) < 4.78 is 0. The fourth-order valence-corrected chi connectivity index (χ4v) is 3.31. The van der Waals surface area contributed by atoms with Crippen LogP contribution in [0.25, 0.3) is 6.08 Å². The highest BCUT2D eigenvalue weighted by Gasteiger charge is 2.33. The number of hydrogen-bond donors (Lipinski definition) is 4. The number of aliphatic carboxylic acids is 1. The average molecular weight is 415 g/mol. The van der Waals surface area contributed by atoms with E-state index in [1.165, 1.54) is 6.08 Å². The molecule has 4 N–H and O–H groups in total. The number of carbonyl (C=O) groups excluding carboxylic acids is 3. The van der Waals surface area contributed by atoms with Crippen LogP contribution in [0, 0.1) is 11.8 Å². The molecule has 1 heterocycles. The number of nitrogens with one attached hydrogen (secondary N) is 3. The Kier molecular flexibility index (Phi) is 8.58. The van der Waals surface area contributed by atoms with E-state index < -0.39 is 35.8 Å². The Morgan fingerprint density at radius 3 is 2.43 bits per heavy atom. The van der Waals surface area contributed by atoms with Crippen LogP contribution >= 0.6 is 0 Å². The molecule has 1 aromatic carbocycles. The minimum Gasteiger partial charge on any atom is -0.480 e. The summed E-state index contributed by atoms with van der Waals surface area (Å²) in [6, 6.07) is 7.19. The van der Waals surface area contributed by atoms with Crippen molar-refractivity contribution in [1.82, 2.24) is 16.0 Å². The quantitative estimate of drug-likeness (QED) is 0.429. The van der Waals surface area contributed by atoms with Gasteiger partial charge in [0.05, 0.1) is 0 Å². The molecule has 0 aliphatic carbocycles. The molecule has 0 radical (unpaired) electrons. The van der Waals surface area contributed by atoms with Gasteiger partial charge < -0.3 is 21.1 Å². The van der Waals surface area contributed by atoms with Crippen molar-refractivity contribution in [3.8, 4) is 0 Å². The number of benzene rings is 1. The summed E-state index contributed by atoms with van der Waals surface area (Å²) in [5, 5.41) is 17.3. The molecule has 2 rings (SSSR count). The molecule has 0 aromatic heterocycles. The summed E-state index contributed by atoms with van der Waals surface area (Å²) in [5.41, 5.74) is 0.846. The molecule has 8 nitrogen and oxygen atoms in total. The molecular weight excluding hydrogens is 386 g/mol. The molecule has 1 aromatic rings. The van der Waals surface area contributed by atoms with Gasteiger partial charge in [0.25, 0.3) is 0 Å². The first-order valence-corrected chi connectivity index (χ1v) is 10.1. The Bertz CT molecular complexity index is 791. The monoisotopic (exact) mass is 415 g/mol.